The van der Waals surface area contributed by atoms with E-state index in [1.807, 2.05) is 66.7 Å². The van der Waals surface area contributed by atoms with Crippen LogP contribution in [0.3, 0.4) is 0 Å². The van der Waals surface area contributed by atoms with E-state index in [1.165, 1.54) is 11.8 Å². The Morgan fingerprint density at radius 3 is 2.43 bits per heavy atom. The van der Waals surface area contributed by atoms with Crippen LogP contribution in [-0.4, -0.2) is 24.4 Å². The Bertz CT molecular complexity index is 1110. The van der Waals surface area contributed by atoms with Crippen LogP contribution in [0.4, 0.5) is 5.69 Å². The average Bonchev–Trinajstić information content (AvgIpc) is 3.01. The van der Waals surface area contributed by atoms with Crippen LogP contribution < -0.4 is 14.4 Å². The molecule has 0 N–H and O–H groups in total. The fourth-order valence-corrected chi connectivity index (χ4v) is 4.44. The molecule has 0 radical (unpaired) electrons. The summed E-state index contributed by atoms with van der Waals surface area (Å²) in [5, 5.41) is 2.11. The van der Waals surface area contributed by atoms with Crippen LogP contribution in [0.1, 0.15) is 5.56 Å². The van der Waals surface area contributed by atoms with Gasteiger partial charge in [0.05, 0.1) is 24.8 Å². The van der Waals surface area contributed by atoms with Crippen molar-refractivity contribution in [2.75, 3.05) is 19.1 Å². The lowest BCUT2D eigenvalue weighted by Gasteiger charge is -2.14. The van der Waals surface area contributed by atoms with Gasteiger partial charge in [-0.25, -0.2) is 0 Å². The first-order valence-electron chi connectivity index (χ1n) is 8.60. The summed E-state index contributed by atoms with van der Waals surface area (Å²) >= 11 is 6.77. The molecular weight excluding hydrogens is 390 g/mol. The molecule has 0 aromatic heterocycles. The van der Waals surface area contributed by atoms with E-state index >= 15 is 0 Å². The number of anilines is 1. The highest BCUT2D eigenvalue weighted by Gasteiger charge is 2.33. The van der Waals surface area contributed by atoms with Crippen LogP contribution in [-0.2, 0) is 4.79 Å². The number of rotatable bonds is 4. The van der Waals surface area contributed by atoms with Crippen LogP contribution in [0, 0.1) is 0 Å². The third-order valence-electron chi connectivity index (χ3n) is 4.55. The van der Waals surface area contributed by atoms with Gasteiger partial charge in [0.2, 0.25) is 0 Å². The van der Waals surface area contributed by atoms with Crippen molar-refractivity contribution >= 4 is 56.7 Å². The number of hydrogen-bond donors (Lipinski definition) is 0. The average molecular weight is 408 g/mol. The zero-order valence-corrected chi connectivity index (χ0v) is 17.0. The number of methoxy groups -OCH3 is 2. The van der Waals surface area contributed by atoms with Crippen LogP contribution in [0.5, 0.6) is 11.5 Å². The molecule has 1 heterocycles. The van der Waals surface area contributed by atoms with Crippen molar-refractivity contribution in [3.63, 3.8) is 0 Å². The predicted molar refractivity (Wildman–Crippen MR) is 119 cm³/mol. The monoisotopic (exact) mass is 407 g/mol. The van der Waals surface area contributed by atoms with E-state index < -0.39 is 0 Å². The van der Waals surface area contributed by atoms with Crippen LogP contribution >= 0.6 is 24.0 Å². The topological polar surface area (TPSA) is 38.8 Å². The fraction of sp³-hybridized carbons (Fsp3) is 0.0909. The second-order valence-electron chi connectivity index (χ2n) is 6.12. The zero-order valence-electron chi connectivity index (χ0n) is 15.3. The second-order valence-corrected chi connectivity index (χ2v) is 7.79. The first kappa shape index (κ1) is 18.5. The Morgan fingerprint density at radius 2 is 1.71 bits per heavy atom. The van der Waals surface area contributed by atoms with Gasteiger partial charge in [-0.3, -0.25) is 9.69 Å². The SMILES string of the molecule is COc1ccc(N2C(=O)/C(=C\c3c(OC)ccc4ccccc34)SC2=S)cc1. The molecule has 3 aromatic rings. The summed E-state index contributed by atoms with van der Waals surface area (Å²) in [7, 11) is 3.24. The van der Waals surface area contributed by atoms with Gasteiger partial charge in [0.15, 0.2) is 4.32 Å². The van der Waals surface area contributed by atoms with E-state index in [-0.39, 0.29) is 5.91 Å². The van der Waals surface area contributed by atoms with E-state index in [4.69, 9.17) is 21.7 Å². The Kier molecular flexibility index (Phi) is 5.07. The number of carbonyl (C=O) groups is 1. The summed E-state index contributed by atoms with van der Waals surface area (Å²) in [5.41, 5.74) is 1.59. The van der Waals surface area contributed by atoms with E-state index in [0.717, 1.165) is 27.8 Å². The van der Waals surface area contributed by atoms with Gasteiger partial charge in [-0.2, -0.15) is 0 Å². The van der Waals surface area contributed by atoms with Gasteiger partial charge >= 0.3 is 0 Å². The van der Waals surface area contributed by atoms with Crippen molar-refractivity contribution in [2.24, 2.45) is 0 Å². The quantitative estimate of drug-likeness (QED) is 0.436. The molecule has 28 heavy (non-hydrogen) atoms. The van der Waals surface area contributed by atoms with E-state index in [9.17, 15) is 4.79 Å². The summed E-state index contributed by atoms with van der Waals surface area (Å²) in [5.74, 6) is 1.30. The number of hydrogen-bond acceptors (Lipinski definition) is 5. The summed E-state index contributed by atoms with van der Waals surface area (Å²) < 4.78 is 11.2. The molecule has 1 aliphatic rings. The van der Waals surface area contributed by atoms with Gasteiger partial charge in [-0.1, -0.05) is 54.3 Å². The maximum Gasteiger partial charge on any atom is 0.270 e. The Morgan fingerprint density at radius 1 is 0.964 bits per heavy atom. The Labute approximate surface area is 172 Å². The number of ether oxygens (including phenoxy) is 2. The van der Waals surface area contributed by atoms with Crippen molar-refractivity contribution in [2.45, 2.75) is 0 Å². The van der Waals surface area contributed by atoms with Gasteiger partial charge in [-0.05, 0) is 47.2 Å². The lowest BCUT2D eigenvalue weighted by molar-refractivity contribution is -0.113. The minimum Gasteiger partial charge on any atom is -0.497 e. The second kappa shape index (κ2) is 7.66. The lowest BCUT2D eigenvalue weighted by atomic mass is 10.0. The number of carbonyl (C=O) groups excluding carboxylic acids is 1. The van der Waals surface area contributed by atoms with Crippen molar-refractivity contribution in [1.29, 1.82) is 0 Å². The van der Waals surface area contributed by atoms with Crippen LogP contribution in [0.25, 0.3) is 16.8 Å². The van der Waals surface area contributed by atoms with Gasteiger partial charge in [0, 0.05) is 5.56 Å². The minimum atomic E-state index is -0.143. The van der Waals surface area contributed by atoms with E-state index in [1.54, 1.807) is 19.1 Å². The van der Waals surface area contributed by atoms with Gasteiger partial charge in [0.1, 0.15) is 11.5 Å². The molecule has 0 aliphatic carbocycles. The van der Waals surface area contributed by atoms with Crippen molar-refractivity contribution < 1.29 is 14.3 Å². The minimum absolute atomic E-state index is 0.143. The highest BCUT2D eigenvalue weighted by atomic mass is 32.2. The smallest absolute Gasteiger partial charge is 0.270 e. The molecule has 4 rings (SSSR count). The summed E-state index contributed by atoms with van der Waals surface area (Å²) in [6, 6.07) is 19.2. The molecular formula is C22H17NO3S2. The standard InChI is InChI=1S/C22H17NO3S2/c1-25-16-10-8-15(9-11-16)23-21(24)20(28-22(23)27)13-18-17-6-4-3-5-14(17)7-12-19(18)26-2/h3-13H,1-2H3/b20-13+. The van der Waals surface area contributed by atoms with Crippen molar-refractivity contribution in [3.8, 4) is 11.5 Å². The Hall–Kier alpha value is -2.83. The molecule has 0 atom stereocenters. The van der Waals surface area contributed by atoms with Gasteiger partial charge in [0.25, 0.3) is 5.91 Å². The van der Waals surface area contributed by atoms with Crippen LogP contribution in [0.15, 0.2) is 65.6 Å². The Balaban J connectivity index is 1.76. The molecule has 140 valence electrons. The highest BCUT2D eigenvalue weighted by Crippen LogP contribution is 2.39. The summed E-state index contributed by atoms with van der Waals surface area (Å²) in [4.78, 5) is 15.2. The molecule has 1 amide bonds. The molecule has 1 aliphatic heterocycles. The van der Waals surface area contributed by atoms with Crippen molar-refractivity contribution in [3.05, 3.63) is 71.1 Å². The largest absolute Gasteiger partial charge is 0.497 e. The molecule has 0 saturated carbocycles. The van der Waals surface area contributed by atoms with Crippen molar-refractivity contribution in [1.82, 2.24) is 0 Å². The zero-order chi connectivity index (χ0) is 19.7. The third kappa shape index (κ3) is 3.25. The maximum absolute atomic E-state index is 13.1. The predicted octanol–water partition coefficient (Wildman–Crippen LogP) is 5.26. The van der Waals surface area contributed by atoms with E-state index in [2.05, 4.69) is 0 Å². The maximum atomic E-state index is 13.1. The third-order valence-corrected chi connectivity index (χ3v) is 5.85. The van der Waals surface area contributed by atoms with E-state index in [0.29, 0.717) is 15.0 Å². The molecule has 0 spiro atoms. The number of thioether (sulfide) groups is 1. The number of fused-ring (bicyclic) bond motifs is 1. The van der Waals surface area contributed by atoms with Crippen LogP contribution in [0.2, 0.25) is 0 Å². The summed E-state index contributed by atoms with van der Waals surface area (Å²) in [6.07, 6.45) is 1.87. The number of amides is 1. The fourth-order valence-electron chi connectivity index (χ4n) is 3.16. The lowest BCUT2D eigenvalue weighted by Crippen LogP contribution is -2.27. The van der Waals surface area contributed by atoms with Gasteiger partial charge < -0.3 is 9.47 Å². The first-order valence-corrected chi connectivity index (χ1v) is 9.82. The summed E-state index contributed by atoms with van der Waals surface area (Å²) in [6.45, 7) is 0. The molecule has 0 bridgehead atoms. The highest BCUT2D eigenvalue weighted by molar-refractivity contribution is 8.27. The number of benzene rings is 3. The van der Waals surface area contributed by atoms with Gasteiger partial charge in [-0.15, -0.1) is 0 Å². The first-order chi connectivity index (χ1) is 13.6. The molecule has 1 fully saturated rings. The number of thiocarbonyl (C=S) groups is 1. The normalized spacial score (nSPS) is 15.5. The molecule has 6 heteroatoms. The molecule has 3 aromatic carbocycles. The molecule has 4 nitrogen and oxygen atoms in total. The molecule has 1 saturated heterocycles. The number of nitrogens with zero attached hydrogens (tertiary/aromatic N) is 1. The molecule has 0 unspecified atom stereocenters.